The van der Waals surface area contributed by atoms with Crippen LogP contribution in [0.4, 0.5) is 5.69 Å². The number of nitrogens with zero attached hydrogens (tertiary/aromatic N) is 1. The monoisotopic (exact) mass is 264 g/mol. The maximum absolute atomic E-state index is 12.4. The predicted molar refractivity (Wildman–Crippen MR) is 77.2 cm³/mol. The molecule has 1 aliphatic rings. The van der Waals surface area contributed by atoms with Crippen LogP contribution in [0.2, 0.25) is 0 Å². The van der Waals surface area contributed by atoms with E-state index in [-0.39, 0.29) is 11.8 Å². The highest BCUT2D eigenvalue weighted by molar-refractivity contribution is 7.99. The third-order valence-corrected chi connectivity index (χ3v) is 4.16. The van der Waals surface area contributed by atoms with Crippen LogP contribution < -0.4 is 10.2 Å². The summed E-state index contributed by atoms with van der Waals surface area (Å²) < 4.78 is 0. The van der Waals surface area contributed by atoms with E-state index in [0.29, 0.717) is 0 Å². The van der Waals surface area contributed by atoms with Gasteiger partial charge in [-0.2, -0.15) is 0 Å². The van der Waals surface area contributed by atoms with Gasteiger partial charge in [-0.15, -0.1) is 11.8 Å². The van der Waals surface area contributed by atoms with Gasteiger partial charge in [-0.25, -0.2) is 0 Å². The van der Waals surface area contributed by atoms with Crippen LogP contribution in [-0.4, -0.2) is 31.3 Å². The van der Waals surface area contributed by atoms with Crippen LogP contribution in [0.5, 0.6) is 0 Å². The number of para-hydroxylation sites is 1. The first-order valence-electron chi connectivity index (χ1n) is 6.48. The molecule has 4 heteroatoms. The first-order valence-corrected chi connectivity index (χ1v) is 7.46. The highest BCUT2D eigenvalue weighted by Gasteiger charge is 2.25. The molecule has 0 saturated heterocycles. The molecule has 0 saturated carbocycles. The molecule has 0 bridgehead atoms. The lowest BCUT2D eigenvalue weighted by Crippen LogP contribution is -2.41. The van der Waals surface area contributed by atoms with Gasteiger partial charge in [0, 0.05) is 29.7 Å². The van der Waals surface area contributed by atoms with Gasteiger partial charge in [0.2, 0.25) is 5.91 Å². The molecule has 0 aliphatic carbocycles. The van der Waals surface area contributed by atoms with Crippen molar-refractivity contribution in [1.29, 1.82) is 0 Å². The van der Waals surface area contributed by atoms with Gasteiger partial charge in [0.1, 0.15) is 0 Å². The van der Waals surface area contributed by atoms with E-state index in [1.807, 2.05) is 41.8 Å². The minimum atomic E-state index is 0.0288. The van der Waals surface area contributed by atoms with Crippen LogP contribution in [0.15, 0.2) is 29.2 Å². The highest BCUT2D eigenvalue weighted by Crippen LogP contribution is 2.34. The molecule has 0 fully saturated rings. The first kappa shape index (κ1) is 13.4. The third kappa shape index (κ3) is 2.87. The molecule has 1 aromatic carbocycles. The maximum atomic E-state index is 12.4. The number of anilines is 1. The molecule has 98 valence electrons. The number of hydrogen-bond donors (Lipinski definition) is 1. The summed E-state index contributed by atoms with van der Waals surface area (Å²) in [7, 11) is 0. The van der Waals surface area contributed by atoms with Gasteiger partial charge in [-0.05, 0) is 18.7 Å². The van der Waals surface area contributed by atoms with Crippen molar-refractivity contribution in [3.63, 3.8) is 0 Å². The van der Waals surface area contributed by atoms with Crippen LogP contribution in [0.1, 0.15) is 13.8 Å². The Morgan fingerprint density at radius 1 is 1.50 bits per heavy atom. The molecular weight excluding hydrogens is 244 g/mol. The Kier molecular flexibility index (Phi) is 4.66. The van der Waals surface area contributed by atoms with E-state index in [1.165, 1.54) is 4.90 Å². The number of nitrogens with one attached hydrogen (secondary N) is 1. The summed E-state index contributed by atoms with van der Waals surface area (Å²) in [5, 5.41) is 3.24. The molecule has 0 radical (unpaired) electrons. The van der Waals surface area contributed by atoms with Crippen molar-refractivity contribution in [2.45, 2.75) is 18.7 Å². The molecule has 1 unspecified atom stereocenters. The van der Waals surface area contributed by atoms with E-state index in [1.54, 1.807) is 0 Å². The van der Waals surface area contributed by atoms with E-state index in [0.717, 1.165) is 31.1 Å². The summed E-state index contributed by atoms with van der Waals surface area (Å²) in [6.45, 7) is 6.53. The molecule has 0 aromatic heterocycles. The van der Waals surface area contributed by atoms with Crippen LogP contribution in [0.25, 0.3) is 0 Å². The van der Waals surface area contributed by atoms with Crippen molar-refractivity contribution in [1.82, 2.24) is 5.32 Å². The van der Waals surface area contributed by atoms with E-state index in [2.05, 4.69) is 18.3 Å². The number of benzene rings is 1. The Labute approximate surface area is 113 Å². The van der Waals surface area contributed by atoms with E-state index >= 15 is 0 Å². The maximum Gasteiger partial charge on any atom is 0.231 e. The third-order valence-electron chi connectivity index (χ3n) is 3.12. The Bertz CT molecular complexity index is 422. The van der Waals surface area contributed by atoms with Gasteiger partial charge in [-0.1, -0.05) is 26.0 Å². The average molecular weight is 264 g/mol. The van der Waals surface area contributed by atoms with Gasteiger partial charge in [0.15, 0.2) is 0 Å². The largest absolute Gasteiger partial charge is 0.316 e. The summed E-state index contributed by atoms with van der Waals surface area (Å²) in [4.78, 5) is 15.6. The average Bonchev–Trinajstić information content (AvgIpc) is 2.43. The second-order valence-electron chi connectivity index (χ2n) is 4.51. The van der Waals surface area contributed by atoms with Gasteiger partial charge in [-0.3, -0.25) is 4.79 Å². The molecule has 18 heavy (non-hydrogen) atoms. The number of carbonyl (C=O) groups excluding carboxylic acids is 1. The smallest absolute Gasteiger partial charge is 0.231 e. The summed E-state index contributed by atoms with van der Waals surface area (Å²) in [6, 6.07) is 8.16. The summed E-state index contributed by atoms with van der Waals surface area (Å²) in [5.74, 6) is 1.24. The lowest BCUT2D eigenvalue weighted by atomic mass is 10.1. The summed E-state index contributed by atoms with van der Waals surface area (Å²) >= 11 is 1.83. The van der Waals surface area contributed by atoms with Crippen LogP contribution in [-0.2, 0) is 4.79 Å². The lowest BCUT2D eigenvalue weighted by Gasteiger charge is -2.31. The Morgan fingerprint density at radius 3 is 3.06 bits per heavy atom. The fourth-order valence-electron chi connectivity index (χ4n) is 2.11. The lowest BCUT2D eigenvalue weighted by molar-refractivity contribution is -0.121. The number of rotatable bonds is 4. The number of amides is 1. The van der Waals surface area contributed by atoms with E-state index in [9.17, 15) is 4.79 Å². The van der Waals surface area contributed by atoms with Crippen molar-refractivity contribution in [2.24, 2.45) is 5.92 Å². The molecule has 3 nitrogen and oxygen atoms in total. The van der Waals surface area contributed by atoms with Crippen LogP contribution >= 0.6 is 11.8 Å². The fourth-order valence-corrected chi connectivity index (χ4v) is 3.11. The van der Waals surface area contributed by atoms with Gasteiger partial charge >= 0.3 is 0 Å². The standard InChI is InChI=1S/C14H20N2OS/c1-3-15-10-11(2)14(17)16-8-9-18-13-7-5-4-6-12(13)16/h4-7,11,15H,3,8-10H2,1-2H3. The van der Waals surface area contributed by atoms with Crippen LogP contribution in [0, 0.1) is 5.92 Å². The topological polar surface area (TPSA) is 32.3 Å². The zero-order valence-electron chi connectivity index (χ0n) is 11.0. The van der Waals surface area contributed by atoms with Crippen molar-refractivity contribution in [2.75, 3.05) is 30.3 Å². The van der Waals surface area contributed by atoms with Crippen molar-refractivity contribution in [3.8, 4) is 0 Å². The molecule has 1 aromatic rings. The number of hydrogen-bond acceptors (Lipinski definition) is 3. The molecule has 1 N–H and O–H groups in total. The minimum absolute atomic E-state index is 0.0288. The number of carbonyl (C=O) groups is 1. The van der Waals surface area contributed by atoms with Gasteiger partial charge < -0.3 is 10.2 Å². The molecule has 1 atom stereocenters. The van der Waals surface area contributed by atoms with Crippen molar-refractivity contribution in [3.05, 3.63) is 24.3 Å². The van der Waals surface area contributed by atoms with Crippen LogP contribution in [0.3, 0.4) is 0 Å². The van der Waals surface area contributed by atoms with Gasteiger partial charge in [0.05, 0.1) is 5.69 Å². The number of fused-ring (bicyclic) bond motifs is 1. The molecule has 0 spiro atoms. The normalized spacial score (nSPS) is 16.2. The Hall–Kier alpha value is -1.00. The summed E-state index contributed by atoms with van der Waals surface area (Å²) in [6.07, 6.45) is 0. The molecule has 1 amide bonds. The van der Waals surface area contributed by atoms with E-state index in [4.69, 9.17) is 0 Å². The second-order valence-corrected chi connectivity index (χ2v) is 5.65. The molecular formula is C14H20N2OS. The molecule has 1 heterocycles. The highest BCUT2D eigenvalue weighted by atomic mass is 32.2. The zero-order valence-corrected chi connectivity index (χ0v) is 11.8. The van der Waals surface area contributed by atoms with Crippen molar-refractivity contribution < 1.29 is 4.79 Å². The summed E-state index contributed by atoms with van der Waals surface area (Å²) in [5.41, 5.74) is 1.07. The Morgan fingerprint density at radius 2 is 2.28 bits per heavy atom. The van der Waals surface area contributed by atoms with Crippen molar-refractivity contribution >= 4 is 23.4 Å². The minimum Gasteiger partial charge on any atom is -0.316 e. The quantitative estimate of drug-likeness (QED) is 0.906. The SMILES string of the molecule is CCNCC(C)C(=O)N1CCSc2ccccc21. The fraction of sp³-hybridized carbons (Fsp3) is 0.500. The molecule has 1 aliphatic heterocycles. The predicted octanol–water partition coefficient (Wildman–Crippen LogP) is 2.37. The van der Waals surface area contributed by atoms with Gasteiger partial charge in [0.25, 0.3) is 0 Å². The first-order chi connectivity index (χ1) is 8.74. The number of thioether (sulfide) groups is 1. The molecule has 2 rings (SSSR count). The zero-order chi connectivity index (χ0) is 13.0. The second kappa shape index (κ2) is 6.25. The Balaban J connectivity index is 2.12. The van der Waals surface area contributed by atoms with E-state index < -0.39 is 0 Å².